The van der Waals surface area contributed by atoms with E-state index in [1.54, 1.807) is 6.92 Å². The fraction of sp³-hybridized carbons (Fsp3) is 0.467. The number of halogens is 3. The molecule has 5 nitrogen and oxygen atoms in total. The number of anilines is 1. The molecule has 0 spiro atoms. The van der Waals surface area contributed by atoms with Crippen LogP contribution in [0.15, 0.2) is 48.7 Å². The van der Waals surface area contributed by atoms with Crippen LogP contribution in [0.3, 0.4) is 0 Å². The van der Waals surface area contributed by atoms with Gasteiger partial charge in [0.25, 0.3) is 0 Å². The number of likely N-dealkylation sites (tertiary alicyclic amines) is 1. The standard InChI is InChI=1S/C30H37F3N4O/c1-18(9-10-20(3)38)37-19(2)13-24-23-7-4-5-8-27(23)35-29(24)30(37)28-25(32)14-21(15-26(28)33)34-22-16-36(17-22)12-6-11-31/h4-5,7-8,14-15,19-20,22,30,34-35,38H,1,6,9-13,16-17H2,2-3H3/t19-,20-,30-/m0/s1. The summed E-state index contributed by atoms with van der Waals surface area (Å²) in [5.74, 6) is -1.23. The molecule has 38 heavy (non-hydrogen) atoms. The van der Waals surface area contributed by atoms with Gasteiger partial charge in [-0.3, -0.25) is 9.29 Å². The lowest BCUT2D eigenvalue weighted by Gasteiger charge is -2.44. The fourth-order valence-electron chi connectivity index (χ4n) is 6.04. The first-order valence-electron chi connectivity index (χ1n) is 13.5. The van der Waals surface area contributed by atoms with E-state index in [0.717, 1.165) is 40.9 Å². The predicted molar refractivity (Wildman–Crippen MR) is 146 cm³/mol. The van der Waals surface area contributed by atoms with Crippen molar-refractivity contribution in [3.63, 3.8) is 0 Å². The van der Waals surface area contributed by atoms with Gasteiger partial charge in [0.15, 0.2) is 0 Å². The molecular formula is C30H37F3N4O. The number of para-hydroxylation sites is 1. The topological polar surface area (TPSA) is 54.5 Å². The summed E-state index contributed by atoms with van der Waals surface area (Å²) in [6.07, 6.45) is 1.77. The van der Waals surface area contributed by atoms with Gasteiger partial charge in [0.1, 0.15) is 17.7 Å². The molecule has 0 saturated carbocycles. The largest absolute Gasteiger partial charge is 0.393 e. The molecule has 8 heteroatoms. The number of aromatic nitrogens is 1. The number of fused-ring (bicyclic) bond motifs is 3. The van der Waals surface area contributed by atoms with E-state index < -0.39 is 23.8 Å². The van der Waals surface area contributed by atoms with Crippen LogP contribution in [0.5, 0.6) is 0 Å². The van der Waals surface area contributed by atoms with Crippen LogP contribution in [0, 0.1) is 11.6 Å². The zero-order valence-corrected chi connectivity index (χ0v) is 22.1. The molecule has 1 saturated heterocycles. The third-order valence-electron chi connectivity index (χ3n) is 7.88. The van der Waals surface area contributed by atoms with Crippen molar-refractivity contribution in [3.05, 3.63) is 77.1 Å². The number of nitrogens with one attached hydrogen (secondary N) is 2. The molecule has 3 atom stereocenters. The molecular weight excluding hydrogens is 489 g/mol. The molecule has 1 fully saturated rings. The van der Waals surface area contributed by atoms with Crippen molar-refractivity contribution < 1.29 is 18.3 Å². The molecule has 2 aromatic carbocycles. The molecule has 0 aliphatic carbocycles. The molecule has 204 valence electrons. The van der Waals surface area contributed by atoms with Crippen LogP contribution >= 0.6 is 0 Å². The Morgan fingerprint density at radius 2 is 1.92 bits per heavy atom. The number of alkyl halides is 1. The van der Waals surface area contributed by atoms with Crippen LogP contribution in [0.4, 0.5) is 18.9 Å². The smallest absolute Gasteiger partial charge is 0.133 e. The summed E-state index contributed by atoms with van der Waals surface area (Å²) >= 11 is 0. The molecule has 0 radical (unpaired) electrons. The average molecular weight is 527 g/mol. The van der Waals surface area contributed by atoms with E-state index in [0.29, 0.717) is 37.9 Å². The second-order valence-corrected chi connectivity index (χ2v) is 10.9. The molecule has 3 aromatic rings. The Morgan fingerprint density at radius 3 is 2.61 bits per heavy atom. The number of rotatable bonds is 10. The van der Waals surface area contributed by atoms with Crippen molar-refractivity contribution in [1.29, 1.82) is 0 Å². The van der Waals surface area contributed by atoms with E-state index in [1.807, 2.05) is 29.2 Å². The Morgan fingerprint density at radius 1 is 1.21 bits per heavy atom. The first-order valence-corrected chi connectivity index (χ1v) is 13.5. The maximum Gasteiger partial charge on any atom is 0.133 e. The van der Waals surface area contributed by atoms with E-state index in [4.69, 9.17) is 0 Å². The molecule has 5 rings (SSSR count). The molecule has 2 aliphatic heterocycles. The third-order valence-corrected chi connectivity index (χ3v) is 7.88. The van der Waals surface area contributed by atoms with Gasteiger partial charge < -0.3 is 20.3 Å². The van der Waals surface area contributed by atoms with Crippen molar-refractivity contribution in [2.75, 3.05) is 31.6 Å². The highest BCUT2D eigenvalue weighted by Gasteiger charge is 2.39. The van der Waals surface area contributed by atoms with E-state index in [1.165, 1.54) is 12.1 Å². The summed E-state index contributed by atoms with van der Waals surface area (Å²) < 4.78 is 44.2. The van der Waals surface area contributed by atoms with Gasteiger partial charge in [0.05, 0.1) is 24.4 Å². The number of H-pyrrole nitrogens is 1. The number of hydrogen-bond donors (Lipinski definition) is 3. The summed E-state index contributed by atoms with van der Waals surface area (Å²) in [6.45, 7) is 9.87. The Hall–Kier alpha value is -2.97. The van der Waals surface area contributed by atoms with Gasteiger partial charge in [0, 0.05) is 53.7 Å². The normalized spacial score (nSPS) is 20.8. The summed E-state index contributed by atoms with van der Waals surface area (Å²) in [5.41, 5.74) is 3.93. The SMILES string of the molecule is C=C(CC[C@H](C)O)N1[C@@H](c2c(F)cc(NC3CN(CCCF)C3)cc2F)c2[nH]c3ccccc3c2C[C@@H]1C. The van der Waals surface area contributed by atoms with Crippen LogP contribution in [0.25, 0.3) is 10.9 Å². The maximum atomic E-state index is 15.9. The highest BCUT2D eigenvalue weighted by molar-refractivity contribution is 5.85. The number of allylic oxidation sites excluding steroid dienone is 1. The van der Waals surface area contributed by atoms with Gasteiger partial charge in [-0.2, -0.15) is 0 Å². The van der Waals surface area contributed by atoms with Gasteiger partial charge >= 0.3 is 0 Å². The van der Waals surface area contributed by atoms with Gasteiger partial charge in [-0.1, -0.05) is 24.8 Å². The average Bonchev–Trinajstić information content (AvgIpc) is 3.21. The lowest BCUT2D eigenvalue weighted by atomic mass is 9.87. The van der Waals surface area contributed by atoms with Crippen LogP contribution < -0.4 is 5.32 Å². The molecule has 0 unspecified atom stereocenters. The Bertz CT molecular complexity index is 1280. The second-order valence-electron chi connectivity index (χ2n) is 10.9. The van der Waals surface area contributed by atoms with Crippen molar-refractivity contribution in [2.45, 2.75) is 63.8 Å². The van der Waals surface area contributed by atoms with E-state index in [9.17, 15) is 9.50 Å². The minimum Gasteiger partial charge on any atom is -0.393 e. The summed E-state index contributed by atoms with van der Waals surface area (Å²) in [5, 5.41) is 14.2. The number of aliphatic hydroxyl groups excluding tert-OH is 1. The van der Waals surface area contributed by atoms with E-state index in [2.05, 4.69) is 28.7 Å². The minimum absolute atomic E-state index is 0.00807. The number of hydrogen-bond acceptors (Lipinski definition) is 4. The van der Waals surface area contributed by atoms with Crippen LogP contribution in [-0.2, 0) is 6.42 Å². The Kier molecular flexibility index (Phi) is 7.73. The zero-order valence-electron chi connectivity index (χ0n) is 22.1. The summed E-state index contributed by atoms with van der Waals surface area (Å²) in [4.78, 5) is 7.60. The molecule has 0 bridgehead atoms. The first-order chi connectivity index (χ1) is 18.3. The monoisotopic (exact) mass is 526 g/mol. The molecule has 3 heterocycles. The second kappa shape index (κ2) is 11.0. The molecule has 2 aliphatic rings. The lowest BCUT2D eigenvalue weighted by Crippen LogP contribution is -2.54. The predicted octanol–water partition coefficient (Wildman–Crippen LogP) is 5.91. The number of nitrogens with zero attached hydrogens (tertiary/aromatic N) is 2. The van der Waals surface area contributed by atoms with E-state index in [-0.39, 0.29) is 24.3 Å². The van der Waals surface area contributed by atoms with Crippen LogP contribution in [0.1, 0.15) is 56.0 Å². The number of aromatic amines is 1. The van der Waals surface area contributed by atoms with Crippen molar-refractivity contribution >= 4 is 16.6 Å². The summed E-state index contributed by atoms with van der Waals surface area (Å²) in [7, 11) is 0. The minimum atomic E-state index is -0.711. The van der Waals surface area contributed by atoms with Crippen molar-refractivity contribution in [1.82, 2.24) is 14.8 Å². The van der Waals surface area contributed by atoms with Crippen LogP contribution in [-0.4, -0.2) is 64.4 Å². The number of aliphatic hydroxyl groups is 1. The van der Waals surface area contributed by atoms with Gasteiger partial charge in [-0.15, -0.1) is 0 Å². The van der Waals surface area contributed by atoms with Gasteiger partial charge in [-0.25, -0.2) is 8.78 Å². The maximum absolute atomic E-state index is 15.9. The highest BCUT2D eigenvalue weighted by atomic mass is 19.1. The quantitative estimate of drug-likeness (QED) is 0.307. The van der Waals surface area contributed by atoms with Crippen molar-refractivity contribution in [2.24, 2.45) is 0 Å². The lowest BCUT2D eigenvalue weighted by molar-refractivity contribution is 0.155. The van der Waals surface area contributed by atoms with Crippen LogP contribution in [0.2, 0.25) is 0 Å². The molecule has 3 N–H and O–H groups in total. The highest BCUT2D eigenvalue weighted by Crippen LogP contribution is 2.45. The molecule has 0 amide bonds. The van der Waals surface area contributed by atoms with Gasteiger partial charge in [0.2, 0.25) is 0 Å². The van der Waals surface area contributed by atoms with Gasteiger partial charge in [-0.05, 0) is 63.3 Å². The fourth-order valence-corrected chi connectivity index (χ4v) is 6.04. The number of benzene rings is 2. The van der Waals surface area contributed by atoms with Crippen molar-refractivity contribution in [3.8, 4) is 0 Å². The Labute approximate surface area is 222 Å². The Balaban J connectivity index is 1.49. The third kappa shape index (κ3) is 5.16. The summed E-state index contributed by atoms with van der Waals surface area (Å²) in [6, 6.07) is 10.0. The molecule has 1 aromatic heterocycles. The zero-order chi connectivity index (χ0) is 27.0. The van der Waals surface area contributed by atoms with E-state index >= 15 is 8.78 Å². The first kappa shape index (κ1) is 26.6.